The lowest BCUT2D eigenvalue weighted by atomic mass is 9.51. The Labute approximate surface area is 233 Å². The topological polar surface area (TPSA) is 196 Å². The van der Waals surface area contributed by atoms with Gasteiger partial charge in [-0.2, -0.15) is 0 Å². The summed E-state index contributed by atoms with van der Waals surface area (Å²) in [6.45, 7) is 5.15. The number of nitrogens with zero attached hydrogens (tertiary/aromatic N) is 1. The molecule has 0 saturated heterocycles. The lowest BCUT2D eigenvalue weighted by Gasteiger charge is -2.53. The predicted molar refractivity (Wildman–Crippen MR) is 138 cm³/mol. The molecular formula is C27H32F2N4O8. The smallest absolute Gasteiger partial charge is 0.238 e. The number of rotatable bonds is 5. The molecule has 0 spiro atoms. The number of carbonyl (C=O) groups is 6. The third-order valence-corrected chi connectivity index (χ3v) is 8.09. The average Bonchev–Trinajstić information content (AvgIpc) is 2.85. The molecule has 2 fully saturated rings. The SMILES string of the molecule is CN(C)[C@@H]1C(=O)C(C(N)=O)C(=O)[C@@]2(O)C(=O)C3C(=O)c4c(O)c(NC(=O)CNC(C)(C)C)cc(F)c4C[C@H]3[C@H](F)[C@@H]12. The van der Waals surface area contributed by atoms with Crippen molar-refractivity contribution in [3.63, 3.8) is 0 Å². The average molecular weight is 579 g/mol. The molecule has 2 unspecified atom stereocenters. The first-order valence-corrected chi connectivity index (χ1v) is 12.9. The van der Waals surface area contributed by atoms with Crippen LogP contribution in [0.25, 0.3) is 0 Å². The van der Waals surface area contributed by atoms with Crippen molar-refractivity contribution in [2.45, 2.75) is 50.5 Å². The molecule has 0 heterocycles. The number of primary amides is 1. The Kier molecular flexibility index (Phi) is 7.42. The summed E-state index contributed by atoms with van der Waals surface area (Å²) >= 11 is 0. The van der Waals surface area contributed by atoms with Crippen LogP contribution >= 0.6 is 0 Å². The van der Waals surface area contributed by atoms with E-state index in [2.05, 4.69) is 10.6 Å². The summed E-state index contributed by atoms with van der Waals surface area (Å²) in [7, 11) is 2.62. The second kappa shape index (κ2) is 10.0. The molecule has 0 radical (unpaired) electrons. The normalized spacial score (nSPS) is 31.4. The molecule has 3 aliphatic rings. The molecule has 2 saturated carbocycles. The molecule has 222 valence electrons. The highest BCUT2D eigenvalue weighted by Gasteiger charge is 2.72. The number of phenolic OH excluding ortho intramolecular Hbond substituents is 1. The first-order valence-electron chi connectivity index (χ1n) is 12.9. The van der Waals surface area contributed by atoms with Crippen molar-refractivity contribution >= 4 is 40.6 Å². The minimum atomic E-state index is -3.28. The summed E-state index contributed by atoms with van der Waals surface area (Å²) in [6, 6.07) is -0.886. The summed E-state index contributed by atoms with van der Waals surface area (Å²) in [6.07, 6.45) is -2.97. The zero-order chi connectivity index (χ0) is 30.9. The summed E-state index contributed by atoms with van der Waals surface area (Å²) in [5.41, 5.74) is -0.109. The summed E-state index contributed by atoms with van der Waals surface area (Å²) in [5.74, 6) is -17.5. The monoisotopic (exact) mass is 578 g/mol. The number of carbonyl (C=O) groups excluding carboxylic acids is 6. The van der Waals surface area contributed by atoms with Crippen molar-refractivity contribution in [2.24, 2.45) is 29.4 Å². The van der Waals surface area contributed by atoms with Crippen LogP contribution in [0.3, 0.4) is 0 Å². The van der Waals surface area contributed by atoms with Crippen molar-refractivity contribution in [2.75, 3.05) is 26.0 Å². The van der Waals surface area contributed by atoms with Gasteiger partial charge < -0.3 is 26.6 Å². The second-order valence-electron chi connectivity index (χ2n) is 12.1. The number of aromatic hydroxyl groups is 1. The highest BCUT2D eigenvalue weighted by molar-refractivity contribution is 6.32. The van der Waals surface area contributed by atoms with Crippen molar-refractivity contribution in [1.29, 1.82) is 0 Å². The zero-order valence-electron chi connectivity index (χ0n) is 23.1. The number of nitrogens with one attached hydrogen (secondary N) is 2. The van der Waals surface area contributed by atoms with E-state index in [4.69, 9.17) is 5.73 Å². The van der Waals surface area contributed by atoms with Gasteiger partial charge in [0, 0.05) is 23.1 Å². The number of halogens is 2. The maximum atomic E-state index is 16.3. The van der Waals surface area contributed by atoms with Crippen LogP contribution in [-0.2, 0) is 30.4 Å². The molecule has 0 aromatic heterocycles. The van der Waals surface area contributed by atoms with Crippen LogP contribution in [0.2, 0.25) is 0 Å². The van der Waals surface area contributed by atoms with Crippen LogP contribution < -0.4 is 16.4 Å². The summed E-state index contributed by atoms with van der Waals surface area (Å²) in [5, 5.41) is 27.6. The molecule has 0 bridgehead atoms. The van der Waals surface area contributed by atoms with Gasteiger partial charge in [0.25, 0.3) is 0 Å². The fourth-order valence-electron chi connectivity index (χ4n) is 6.22. The number of benzene rings is 1. The quantitative estimate of drug-likeness (QED) is 0.220. The van der Waals surface area contributed by atoms with Crippen LogP contribution in [0.15, 0.2) is 6.07 Å². The van der Waals surface area contributed by atoms with Gasteiger partial charge in [-0.1, -0.05) is 0 Å². The van der Waals surface area contributed by atoms with Gasteiger partial charge in [-0.05, 0) is 41.3 Å². The number of likely N-dealkylation sites (N-methyl/N-ethyl adjacent to an activating group) is 1. The van der Waals surface area contributed by atoms with E-state index in [0.717, 1.165) is 11.0 Å². The van der Waals surface area contributed by atoms with Gasteiger partial charge in [-0.25, -0.2) is 8.78 Å². The molecule has 41 heavy (non-hydrogen) atoms. The standard InChI is InChI=1S/C27H32F2N4O8/c1-26(2,3)31-8-13(34)32-12-7-11(28)9-6-10-15(21(36)14(9)20(12)35)23(38)27(41)17(18(10)29)19(33(4)5)22(37)16(24(27)39)25(30)40/h7,10,15-19,31,35,41H,6,8H2,1-5H3,(H2,30,40)(H,32,34)/t10-,15?,16?,17+,18+,19+,27+/m1/s1. The van der Waals surface area contributed by atoms with E-state index < -0.39 is 117 Å². The molecular weight excluding hydrogens is 546 g/mol. The Bertz CT molecular complexity index is 1390. The van der Waals surface area contributed by atoms with E-state index in [1.807, 2.05) is 0 Å². The van der Waals surface area contributed by atoms with E-state index in [9.17, 15) is 39.0 Å². The summed E-state index contributed by atoms with van der Waals surface area (Å²) < 4.78 is 31.6. The van der Waals surface area contributed by atoms with Gasteiger partial charge in [-0.15, -0.1) is 0 Å². The highest BCUT2D eigenvalue weighted by Crippen LogP contribution is 2.52. The number of nitrogens with two attached hydrogens (primary N) is 1. The Morgan fingerprint density at radius 1 is 1.17 bits per heavy atom. The van der Waals surface area contributed by atoms with Gasteiger partial charge in [0.2, 0.25) is 11.8 Å². The van der Waals surface area contributed by atoms with Crippen LogP contribution in [0.4, 0.5) is 14.5 Å². The van der Waals surface area contributed by atoms with E-state index in [0.29, 0.717) is 0 Å². The first kappa shape index (κ1) is 30.3. The molecule has 2 amide bonds. The van der Waals surface area contributed by atoms with Crippen molar-refractivity contribution < 1.29 is 47.8 Å². The van der Waals surface area contributed by atoms with Crippen molar-refractivity contribution in [1.82, 2.24) is 10.2 Å². The number of phenols is 1. The maximum absolute atomic E-state index is 16.3. The van der Waals surface area contributed by atoms with Gasteiger partial charge in [-0.3, -0.25) is 33.7 Å². The number of hydrogen-bond acceptors (Lipinski definition) is 10. The number of alkyl halides is 1. The minimum Gasteiger partial charge on any atom is -0.505 e. The molecule has 12 nitrogen and oxygen atoms in total. The molecule has 6 N–H and O–H groups in total. The van der Waals surface area contributed by atoms with E-state index >= 15 is 8.78 Å². The molecule has 3 aliphatic carbocycles. The summed E-state index contributed by atoms with van der Waals surface area (Å²) in [4.78, 5) is 79.3. The highest BCUT2D eigenvalue weighted by atomic mass is 19.1. The fourth-order valence-corrected chi connectivity index (χ4v) is 6.22. The molecule has 1 aromatic rings. The predicted octanol–water partition coefficient (Wildman–Crippen LogP) is -0.719. The number of Topliss-reactive ketones (excluding diaryl/α,β-unsaturated/α-hetero) is 4. The van der Waals surface area contributed by atoms with Crippen molar-refractivity contribution in [3.05, 3.63) is 23.0 Å². The number of aliphatic hydroxyl groups is 1. The van der Waals surface area contributed by atoms with Gasteiger partial charge in [0.15, 0.2) is 34.7 Å². The molecule has 1 aromatic carbocycles. The lowest BCUT2D eigenvalue weighted by Crippen LogP contribution is -2.77. The second-order valence-corrected chi connectivity index (χ2v) is 12.1. The van der Waals surface area contributed by atoms with E-state index in [1.54, 1.807) is 20.8 Å². The number of hydrogen-bond donors (Lipinski definition) is 5. The third-order valence-electron chi connectivity index (χ3n) is 8.09. The zero-order valence-corrected chi connectivity index (χ0v) is 23.1. The maximum Gasteiger partial charge on any atom is 0.238 e. The Morgan fingerprint density at radius 3 is 2.32 bits per heavy atom. The lowest BCUT2D eigenvalue weighted by molar-refractivity contribution is -0.189. The Morgan fingerprint density at radius 2 is 1.78 bits per heavy atom. The molecule has 7 atom stereocenters. The third kappa shape index (κ3) is 4.63. The Balaban J connectivity index is 1.80. The Hall–Kier alpha value is -3.62. The van der Waals surface area contributed by atoms with Crippen LogP contribution in [-0.4, -0.2) is 94.1 Å². The number of anilines is 1. The van der Waals surface area contributed by atoms with Crippen LogP contribution in [0, 0.1) is 29.5 Å². The van der Waals surface area contributed by atoms with Crippen LogP contribution in [0.5, 0.6) is 5.75 Å². The molecule has 4 rings (SSSR count). The van der Waals surface area contributed by atoms with Gasteiger partial charge in [0.1, 0.15) is 17.7 Å². The first-order chi connectivity index (χ1) is 18.8. The van der Waals surface area contributed by atoms with Crippen LogP contribution in [0.1, 0.15) is 36.7 Å². The van der Waals surface area contributed by atoms with E-state index in [1.165, 1.54) is 14.1 Å². The largest absolute Gasteiger partial charge is 0.505 e. The fraction of sp³-hybridized carbons (Fsp3) is 0.556. The van der Waals surface area contributed by atoms with Crippen molar-refractivity contribution in [3.8, 4) is 5.75 Å². The van der Waals surface area contributed by atoms with Gasteiger partial charge in [0.05, 0.1) is 35.7 Å². The number of fused-ring (bicyclic) bond motifs is 3. The number of ketones is 4. The molecule has 14 heteroatoms. The van der Waals surface area contributed by atoms with Gasteiger partial charge >= 0.3 is 0 Å². The molecule has 0 aliphatic heterocycles. The van der Waals surface area contributed by atoms with E-state index in [-0.39, 0.29) is 6.54 Å². The number of amides is 2. The minimum absolute atomic E-state index is 0.231.